The van der Waals surface area contributed by atoms with E-state index in [1.54, 1.807) is 0 Å². The third-order valence-electron chi connectivity index (χ3n) is 11.7. The van der Waals surface area contributed by atoms with Crippen LogP contribution >= 0.6 is 0 Å². The number of unbranched alkanes of at least 4 members (excludes halogenated alkanes) is 21. The molecule has 0 radical (unpaired) electrons. The van der Waals surface area contributed by atoms with Gasteiger partial charge < -0.3 is 14.2 Å². The molecule has 0 aromatic heterocycles. The molecule has 0 heterocycles. The van der Waals surface area contributed by atoms with Gasteiger partial charge in [-0.25, -0.2) is 0 Å². The minimum Gasteiger partial charge on any atom is -0.462 e. The van der Waals surface area contributed by atoms with E-state index in [0.29, 0.717) is 19.3 Å². The van der Waals surface area contributed by atoms with Gasteiger partial charge in [0.2, 0.25) is 0 Å². The summed E-state index contributed by atoms with van der Waals surface area (Å²) < 4.78 is 16.8. The molecule has 0 rings (SSSR count). The average Bonchev–Trinajstić information content (AvgIpc) is 3.35. The second kappa shape index (κ2) is 56.7. The molecule has 6 heteroatoms. The lowest BCUT2D eigenvalue weighted by Crippen LogP contribution is -2.30. The Labute approximate surface area is 425 Å². The molecule has 0 aliphatic rings. The van der Waals surface area contributed by atoms with Crippen LogP contribution in [0, 0.1) is 0 Å². The van der Waals surface area contributed by atoms with E-state index < -0.39 is 6.10 Å². The average molecular weight is 958 g/mol. The molecule has 0 aromatic rings. The van der Waals surface area contributed by atoms with Crippen LogP contribution in [0.4, 0.5) is 0 Å². The summed E-state index contributed by atoms with van der Waals surface area (Å²) in [7, 11) is 0. The number of hydrogen-bond donors (Lipinski definition) is 0. The summed E-state index contributed by atoms with van der Waals surface area (Å²) in [6.45, 7) is 6.48. The predicted molar refractivity (Wildman–Crippen MR) is 297 cm³/mol. The highest BCUT2D eigenvalue weighted by Crippen LogP contribution is 2.13. The third kappa shape index (κ3) is 54.9. The molecule has 0 amide bonds. The van der Waals surface area contributed by atoms with Gasteiger partial charge in [-0.3, -0.25) is 14.4 Å². The van der Waals surface area contributed by atoms with Crippen molar-refractivity contribution in [1.82, 2.24) is 0 Å². The van der Waals surface area contributed by atoms with E-state index in [-0.39, 0.29) is 44.0 Å². The van der Waals surface area contributed by atoms with Crippen molar-refractivity contribution in [3.8, 4) is 0 Å². The fourth-order valence-electron chi connectivity index (χ4n) is 7.42. The maximum atomic E-state index is 12.8. The second-order valence-corrected chi connectivity index (χ2v) is 18.5. The summed E-state index contributed by atoms with van der Waals surface area (Å²) in [6.07, 6.45) is 76.5. The number of ether oxygens (including phenoxy) is 3. The van der Waals surface area contributed by atoms with Crippen LogP contribution in [-0.2, 0) is 28.6 Å². The number of esters is 3. The summed E-state index contributed by atoms with van der Waals surface area (Å²) >= 11 is 0. The lowest BCUT2D eigenvalue weighted by molar-refractivity contribution is -0.167. The first kappa shape index (κ1) is 65.1. The number of carbonyl (C=O) groups excluding carboxylic acids is 3. The monoisotopic (exact) mass is 957 g/mol. The fraction of sp³-hybridized carbons (Fsp3) is 0.667. The molecule has 0 saturated heterocycles. The van der Waals surface area contributed by atoms with E-state index in [2.05, 4.69) is 130 Å². The Morgan fingerprint density at radius 3 is 0.899 bits per heavy atom. The van der Waals surface area contributed by atoms with Crippen LogP contribution in [0.3, 0.4) is 0 Å². The van der Waals surface area contributed by atoms with Gasteiger partial charge in [0.25, 0.3) is 0 Å². The van der Waals surface area contributed by atoms with Crippen molar-refractivity contribution in [2.75, 3.05) is 13.2 Å². The van der Waals surface area contributed by atoms with Gasteiger partial charge in [-0.05, 0) is 122 Å². The highest BCUT2D eigenvalue weighted by molar-refractivity contribution is 5.71. The van der Waals surface area contributed by atoms with Crippen molar-refractivity contribution in [1.29, 1.82) is 0 Å². The Morgan fingerprint density at radius 1 is 0.290 bits per heavy atom. The van der Waals surface area contributed by atoms with E-state index in [0.717, 1.165) is 77.0 Å². The maximum Gasteiger partial charge on any atom is 0.306 e. The number of rotatable bonds is 50. The molecule has 0 fully saturated rings. The van der Waals surface area contributed by atoms with Crippen LogP contribution < -0.4 is 0 Å². The van der Waals surface area contributed by atoms with Gasteiger partial charge in [0.1, 0.15) is 13.2 Å². The largest absolute Gasteiger partial charge is 0.462 e. The number of hydrogen-bond acceptors (Lipinski definition) is 6. The molecular formula is C63H104O6. The summed E-state index contributed by atoms with van der Waals surface area (Å²) in [5, 5.41) is 0. The van der Waals surface area contributed by atoms with Crippen molar-refractivity contribution in [2.45, 2.75) is 258 Å². The Morgan fingerprint density at radius 2 is 0.536 bits per heavy atom. The normalized spacial score (nSPS) is 12.9. The molecule has 6 nitrogen and oxygen atoms in total. The van der Waals surface area contributed by atoms with Crippen LogP contribution in [0.2, 0.25) is 0 Å². The number of carbonyl (C=O) groups is 3. The molecule has 0 aliphatic heterocycles. The molecule has 0 spiro atoms. The van der Waals surface area contributed by atoms with Crippen molar-refractivity contribution >= 4 is 17.9 Å². The topological polar surface area (TPSA) is 78.9 Å². The molecule has 392 valence electrons. The number of allylic oxidation sites excluding steroid dienone is 18. The van der Waals surface area contributed by atoms with Crippen molar-refractivity contribution < 1.29 is 28.6 Å². The smallest absolute Gasteiger partial charge is 0.306 e. The standard InChI is InChI=1S/C63H104O6/c1-4-7-10-13-16-19-22-25-28-31-34-37-40-43-46-49-52-55-61(64)67-58-60(69-63(66)57-54-51-48-45-42-39-36-33-30-27-24-21-18-15-12-9-6-3)59-68-62(65)56-53-50-47-44-41-38-35-32-29-26-23-20-17-14-11-8-5-2/h16-17,19-20,25-30,34,36-37,39,43,45-46,48,60H,4-15,18,21-24,31-33,35,38,40-42,44,47,49-59H2,1-3H3/b19-16-,20-17-,28-25-,29-26-,30-27-,37-34-,39-36-,46-43-,48-45-/t60-/m1/s1. The summed E-state index contributed by atoms with van der Waals surface area (Å²) in [6, 6.07) is 0. The van der Waals surface area contributed by atoms with Crippen LogP contribution in [0.25, 0.3) is 0 Å². The predicted octanol–water partition coefficient (Wildman–Crippen LogP) is 19.1. The Hall–Kier alpha value is -3.93. The van der Waals surface area contributed by atoms with Crippen molar-refractivity contribution in [3.05, 3.63) is 109 Å². The lowest BCUT2D eigenvalue weighted by Gasteiger charge is -2.18. The van der Waals surface area contributed by atoms with E-state index in [4.69, 9.17) is 14.2 Å². The summed E-state index contributed by atoms with van der Waals surface area (Å²) in [5.41, 5.74) is 0. The molecule has 0 aliphatic carbocycles. The van der Waals surface area contributed by atoms with Gasteiger partial charge in [0.15, 0.2) is 6.10 Å². The zero-order chi connectivity index (χ0) is 50.0. The molecule has 0 aromatic carbocycles. The van der Waals surface area contributed by atoms with Gasteiger partial charge >= 0.3 is 17.9 Å². The molecule has 1 atom stereocenters. The lowest BCUT2D eigenvalue weighted by atomic mass is 10.1. The highest BCUT2D eigenvalue weighted by atomic mass is 16.6. The maximum absolute atomic E-state index is 12.8. The fourth-order valence-corrected chi connectivity index (χ4v) is 7.42. The zero-order valence-corrected chi connectivity index (χ0v) is 44.8. The van der Waals surface area contributed by atoms with Crippen molar-refractivity contribution in [2.24, 2.45) is 0 Å². The first-order valence-electron chi connectivity index (χ1n) is 28.4. The van der Waals surface area contributed by atoms with Gasteiger partial charge in [-0.15, -0.1) is 0 Å². The summed E-state index contributed by atoms with van der Waals surface area (Å²) in [5.74, 6) is -1.04. The van der Waals surface area contributed by atoms with E-state index >= 15 is 0 Å². The van der Waals surface area contributed by atoms with Crippen LogP contribution in [0.1, 0.15) is 252 Å². The molecular weight excluding hydrogens is 853 g/mol. The molecule has 69 heavy (non-hydrogen) atoms. The van der Waals surface area contributed by atoms with Crippen LogP contribution in [0.5, 0.6) is 0 Å². The van der Waals surface area contributed by atoms with Crippen LogP contribution in [0.15, 0.2) is 109 Å². The quantitative estimate of drug-likeness (QED) is 0.0262. The SMILES string of the molecule is CCCCC/C=C\C/C=C\C/C=C\C/C=C\CCCC(=O)OC[C@H](COC(=O)CCCCCCCCC/C=C\C/C=C\CCCCC)OC(=O)CCC/C=C\C/C=C\C/C=C\CCCCCCCC. The van der Waals surface area contributed by atoms with Crippen LogP contribution in [-0.4, -0.2) is 37.2 Å². The van der Waals surface area contributed by atoms with E-state index in [1.165, 1.54) is 122 Å². The molecule has 0 unspecified atom stereocenters. The van der Waals surface area contributed by atoms with Gasteiger partial charge in [-0.2, -0.15) is 0 Å². The molecule has 0 N–H and O–H groups in total. The van der Waals surface area contributed by atoms with Crippen molar-refractivity contribution in [3.63, 3.8) is 0 Å². The Bertz CT molecular complexity index is 1420. The first-order chi connectivity index (χ1) is 34.0. The first-order valence-corrected chi connectivity index (χ1v) is 28.4. The summed E-state index contributed by atoms with van der Waals surface area (Å²) in [4.78, 5) is 38.1. The molecule has 0 bridgehead atoms. The second-order valence-electron chi connectivity index (χ2n) is 18.5. The van der Waals surface area contributed by atoms with E-state index in [9.17, 15) is 14.4 Å². The highest BCUT2D eigenvalue weighted by Gasteiger charge is 2.19. The Balaban J connectivity index is 4.57. The minimum absolute atomic E-state index is 0.121. The van der Waals surface area contributed by atoms with E-state index in [1.807, 2.05) is 0 Å². The zero-order valence-electron chi connectivity index (χ0n) is 44.8. The molecule has 0 saturated carbocycles. The minimum atomic E-state index is -0.832. The van der Waals surface area contributed by atoms with Gasteiger partial charge in [-0.1, -0.05) is 220 Å². The third-order valence-corrected chi connectivity index (χ3v) is 11.7. The van der Waals surface area contributed by atoms with Gasteiger partial charge in [0, 0.05) is 19.3 Å². The Kier molecular flexibility index (Phi) is 53.4. The van der Waals surface area contributed by atoms with Gasteiger partial charge in [0.05, 0.1) is 0 Å².